The zero-order valence-electron chi connectivity index (χ0n) is 11.3. The predicted octanol–water partition coefficient (Wildman–Crippen LogP) is 4.50. The summed E-state index contributed by atoms with van der Waals surface area (Å²) in [5.41, 5.74) is 3.60. The monoisotopic (exact) mass is 287 g/mol. The molecule has 4 heteroatoms. The molecule has 0 spiro atoms. The summed E-state index contributed by atoms with van der Waals surface area (Å²) in [5.74, 6) is 0.625. The highest BCUT2D eigenvalue weighted by Crippen LogP contribution is 2.29. The number of aliphatic imine (C=N–C) groups is 1. The van der Waals surface area contributed by atoms with Gasteiger partial charge in [0, 0.05) is 5.56 Å². The molecule has 0 aromatic heterocycles. The molecule has 0 aliphatic carbocycles. The quantitative estimate of drug-likeness (QED) is 0.613. The van der Waals surface area contributed by atoms with Crippen molar-refractivity contribution in [2.24, 2.45) is 4.99 Å². The van der Waals surface area contributed by atoms with Crippen LogP contribution in [0.25, 0.3) is 0 Å². The standard InChI is InChI=1S/C16H14ClNO2/c1-11-7-14(17)16(8-12(11)2)20-9-13-5-3-4-6-15(13)18-10-19/h3-8H,9H2,1-2H3. The molecule has 2 aromatic carbocycles. The van der Waals surface area contributed by atoms with Gasteiger partial charge in [-0.15, -0.1) is 0 Å². The molecular weight excluding hydrogens is 274 g/mol. The van der Waals surface area contributed by atoms with Gasteiger partial charge in [0.05, 0.1) is 10.7 Å². The molecule has 0 bridgehead atoms. The lowest BCUT2D eigenvalue weighted by Crippen LogP contribution is -1.97. The summed E-state index contributed by atoms with van der Waals surface area (Å²) >= 11 is 6.16. The zero-order chi connectivity index (χ0) is 14.5. The van der Waals surface area contributed by atoms with Crippen LogP contribution in [0.5, 0.6) is 5.75 Å². The first-order chi connectivity index (χ1) is 9.61. The van der Waals surface area contributed by atoms with E-state index in [0.29, 0.717) is 23.1 Å². The van der Waals surface area contributed by atoms with Gasteiger partial charge in [-0.1, -0.05) is 29.8 Å². The molecule has 0 heterocycles. The molecule has 3 nitrogen and oxygen atoms in total. The first kappa shape index (κ1) is 14.3. The average Bonchev–Trinajstić information content (AvgIpc) is 2.43. The van der Waals surface area contributed by atoms with E-state index >= 15 is 0 Å². The molecule has 0 radical (unpaired) electrons. The second-order valence-electron chi connectivity index (χ2n) is 4.49. The van der Waals surface area contributed by atoms with Crippen LogP contribution in [0, 0.1) is 13.8 Å². The lowest BCUT2D eigenvalue weighted by Gasteiger charge is -2.11. The minimum atomic E-state index is 0.295. The molecule has 0 unspecified atom stereocenters. The van der Waals surface area contributed by atoms with Crippen LogP contribution in [0.3, 0.4) is 0 Å². The maximum absolute atomic E-state index is 10.4. The highest BCUT2D eigenvalue weighted by atomic mass is 35.5. The third-order valence-electron chi connectivity index (χ3n) is 3.09. The third kappa shape index (κ3) is 3.27. The fraction of sp³-hybridized carbons (Fsp3) is 0.188. The average molecular weight is 288 g/mol. The summed E-state index contributed by atoms with van der Waals surface area (Å²) in [6.07, 6.45) is 1.54. The van der Waals surface area contributed by atoms with Crippen LogP contribution in [-0.4, -0.2) is 6.08 Å². The summed E-state index contributed by atoms with van der Waals surface area (Å²) in [5, 5.41) is 0.574. The molecule has 2 aromatic rings. The SMILES string of the molecule is Cc1cc(Cl)c(OCc2ccccc2N=C=O)cc1C. The van der Waals surface area contributed by atoms with Crippen molar-refractivity contribution in [3.05, 3.63) is 58.1 Å². The number of para-hydroxylation sites is 1. The Morgan fingerprint density at radius 1 is 1.20 bits per heavy atom. The molecule has 0 aliphatic rings. The molecule has 0 atom stereocenters. The number of aryl methyl sites for hydroxylation is 2. The Morgan fingerprint density at radius 3 is 2.65 bits per heavy atom. The van der Waals surface area contributed by atoms with Gasteiger partial charge in [-0.3, -0.25) is 0 Å². The summed E-state index contributed by atoms with van der Waals surface area (Å²) in [4.78, 5) is 14.0. The minimum absolute atomic E-state index is 0.295. The lowest BCUT2D eigenvalue weighted by atomic mass is 10.1. The fourth-order valence-electron chi connectivity index (χ4n) is 1.81. The molecule has 0 N–H and O–H groups in total. The first-order valence-corrected chi connectivity index (χ1v) is 6.55. The van der Waals surface area contributed by atoms with Crippen molar-refractivity contribution in [1.82, 2.24) is 0 Å². The number of carbonyl (C=O) groups excluding carboxylic acids is 1. The fourth-order valence-corrected chi connectivity index (χ4v) is 2.08. The summed E-state index contributed by atoms with van der Waals surface area (Å²) in [6.45, 7) is 4.30. The van der Waals surface area contributed by atoms with Gasteiger partial charge in [0.1, 0.15) is 12.4 Å². The molecule has 20 heavy (non-hydrogen) atoms. The summed E-state index contributed by atoms with van der Waals surface area (Å²) in [7, 11) is 0. The van der Waals surface area contributed by atoms with Crippen LogP contribution in [0.2, 0.25) is 5.02 Å². The van der Waals surface area contributed by atoms with Crippen molar-refractivity contribution >= 4 is 23.4 Å². The van der Waals surface area contributed by atoms with E-state index in [9.17, 15) is 4.79 Å². The zero-order valence-corrected chi connectivity index (χ0v) is 12.1. The van der Waals surface area contributed by atoms with Crippen LogP contribution in [0.1, 0.15) is 16.7 Å². The molecular formula is C16H14ClNO2. The van der Waals surface area contributed by atoms with Gasteiger partial charge in [-0.05, 0) is 43.2 Å². The van der Waals surface area contributed by atoms with Crippen LogP contribution in [0.15, 0.2) is 41.4 Å². The number of halogens is 1. The van der Waals surface area contributed by atoms with Crippen molar-refractivity contribution < 1.29 is 9.53 Å². The van der Waals surface area contributed by atoms with Gasteiger partial charge in [0.2, 0.25) is 6.08 Å². The van der Waals surface area contributed by atoms with E-state index in [1.807, 2.05) is 44.2 Å². The Kier molecular flexibility index (Phi) is 4.57. The van der Waals surface area contributed by atoms with Crippen molar-refractivity contribution in [1.29, 1.82) is 0 Å². The van der Waals surface area contributed by atoms with Crippen LogP contribution >= 0.6 is 11.6 Å². The van der Waals surface area contributed by atoms with E-state index in [0.717, 1.165) is 16.7 Å². The maximum atomic E-state index is 10.4. The van der Waals surface area contributed by atoms with E-state index in [-0.39, 0.29) is 0 Å². The van der Waals surface area contributed by atoms with Gasteiger partial charge in [-0.25, -0.2) is 4.79 Å². The molecule has 0 saturated carbocycles. The Balaban J connectivity index is 2.21. The topological polar surface area (TPSA) is 38.7 Å². The molecule has 0 saturated heterocycles. The Hall–Kier alpha value is -2.09. The first-order valence-electron chi connectivity index (χ1n) is 6.17. The Morgan fingerprint density at radius 2 is 1.90 bits per heavy atom. The van der Waals surface area contributed by atoms with E-state index < -0.39 is 0 Å². The van der Waals surface area contributed by atoms with E-state index in [4.69, 9.17) is 16.3 Å². The minimum Gasteiger partial charge on any atom is -0.487 e. The second-order valence-corrected chi connectivity index (χ2v) is 4.89. The predicted molar refractivity (Wildman–Crippen MR) is 79.5 cm³/mol. The van der Waals surface area contributed by atoms with Gasteiger partial charge >= 0.3 is 0 Å². The van der Waals surface area contributed by atoms with Crippen molar-refractivity contribution in [3.8, 4) is 5.75 Å². The highest BCUT2D eigenvalue weighted by Gasteiger charge is 2.07. The molecule has 102 valence electrons. The Bertz CT molecular complexity index is 676. The number of rotatable bonds is 4. The van der Waals surface area contributed by atoms with E-state index in [1.54, 1.807) is 12.1 Å². The number of hydrogen-bond donors (Lipinski definition) is 0. The number of hydrogen-bond acceptors (Lipinski definition) is 3. The number of ether oxygens (including phenoxy) is 1. The lowest BCUT2D eigenvalue weighted by molar-refractivity contribution is 0.306. The third-order valence-corrected chi connectivity index (χ3v) is 3.38. The second kappa shape index (κ2) is 6.38. The van der Waals surface area contributed by atoms with Crippen LogP contribution < -0.4 is 4.74 Å². The molecule has 0 amide bonds. The maximum Gasteiger partial charge on any atom is 0.240 e. The van der Waals surface area contributed by atoms with E-state index in [2.05, 4.69) is 4.99 Å². The molecule has 0 aliphatic heterocycles. The Labute approximate surface area is 122 Å². The van der Waals surface area contributed by atoms with Gasteiger partial charge in [-0.2, -0.15) is 4.99 Å². The normalized spacial score (nSPS) is 9.95. The molecule has 0 fully saturated rings. The van der Waals surface area contributed by atoms with Crippen molar-refractivity contribution in [2.45, 2.75) is 20.5 Å². The summed E-state index contributed by atoms with van der Waals surface area (Å²) in [6, 6.07) is 11.1. The van der Waals surface area contributed by atoms with Crippen molar-refractivity contribution in [2.75, 3.05) is 0 Å². The number of benzene rings is 2. The molecule has 2 rings (SSSR count). The number of nitrogens with zero attached hydrogens (tertiary/aromatic N) is 1. The smallest absolute Gasteiger partial charge is 0.240 e. The van der Waals surface area contributed by atoms with E-state index in [1.165, 1.54) is 0 Å². The van der Waals surface area contributed by atoms with Gasteiger partial charge in [0.25, 0.3) is 0 Å². The van der Waals surface area contributed by atoms with Crippen LogP contribution in [-0.2, 0) is 11.4 Å². The summed E-state index contributed by atoms with van der Waals surface area (Å²) < 4.78 is 5.72. The van der Waals surface area contributed by atoms with Gasteiger partial charge < -0.3 is 4.74 Å². The van der Waals surface area contributed by atoms with Crippen LogP contribution in [0.4, 0.5) is 5.69 Å². The van der Waals surface area contributed by atoms with Gasteiger partial charge in [0.15, 0.2) is 0 Å². The van der Waals surface area contributed by atoms with Crippen molar-refractivity contribution in [3.63, 3.8) is 0 Å². The number of isocyanates is 1. The largest absolute Gasteiger partial charge is 0.487 e. The highest BCUT2D eigenvalue weighted by molar-refractivity contribution is 6.32.